The quantitative estimate of drug-likeness (QED) is 0.714. The van der Waals surface area contributed by atoms with Gasteiger partial charge in [0.05, 0.1) is 14.8 Å². The fourth-order valence-corrected chi connectivity index (χ4v) is 3.76. The molecular weight excluding hydrogens is 283 g/mol. The number of rotatable bonds is 2. The van der Waals surface area contributed by atoms with E-state index in [-0.39, 0.29) is 5.78 Å². The van der Waals surface area contributed by atoms with Crippen molar-refractivity contribution in [3.63, 3.8) is 0 Å². The standard InChI is InChI=1S/C11H8Cl2OS2/c1-5-3-8(15-6(5)2)10(14)7-4-9(12)16-11(7)13/h3-4H,1-2H3. The van der Waals surface area contributed by atoms with Gasteiger partial charge < -0.3 is 0 Å². The molecule has 5 heteroatoms. The van der Waals surface area contributed by atoms with E-state index in [9.17, 15) is 4.79 Å². The molecule has 0 atom stereocenters. The molecule has 0 spiro atoms. The number of hydrogen-bond donors (Lipinski definition) is 0. The second-order valence-corrected chi connectivity index (χ2v) is 6.96. The molecule has 0 aromatic carbocycles. The van der Waals surface area contributed by atoms with Gasteiger partial charge >= 0.3 is 0 Å². The van der Waals surface area contributed by atoms with Crippen LogP contribution in [0.15, 0.2) is 12.1 Å². The van der Waals surface area contributed by atoms with Crippen molar-refractivity contribution in [1.82, 2.24) is 0 Å². The molecule has 0 N–H and O–H groups in total. The van der Waals surface area contributed by atoms with Crippen molar-refractivity contribution in [1.29, 1.82) is 0 Å². The summed E-state index contributed by atoms with van der Waals surface area (Å²) in [6.45, 7) is 3.99. The molecule has 0 aliphatic heterocycles. The van der Waals surface area contributed by atoms with E-state index in [2.05, 4.69) is 0 Å². The number of carbonyl (C=O) groups excluding carboxylic acids is 1. The van der Waals surface area contributed by atoms with E-state index in [0.29, 0.717) is 19.1 Å². The van der Waals surface area contributed by atoms with Crippen LogP contribution in [0.5, 0.6) is 0 Å². The summed E-state index contributed by atoms with van der Waals surface area (Å²) in [7, 11) is 0. The first kappa shape index (κ1) is 12.1. The Kier molecular flexibility index (Phi) is 3.40. The number of aryl methyl sites for hydroxylation is 2. The first-order chi connectivity index (χ1) is 7.49. The van der Waals surface area contributed by atoms with Crippen LogP contribution in [0.25, 0.3) is 0 Å². The maximum atomic E-state index is 12.1. The van der Waals surface area contributed by atoms with E-state index in [0.717, 1.165) is 10.4 Å². The average Bonchev–Trinajstić information content (AvgIpc) is 2.70. The van der Waals surface area contributed by atoms with Crippen molar-refractivity contribution < 1.29 is 4.79 Å². The van der Waals surface area contributed by atoms with Crippen LogP contribution in [0.2, 0.25) is 8.67 Å². The van der Waals surface area contributed by atoms with E-state index < -0.39 is 0 Å². The van der Waals surface area contributed by atoms with Gasteiger partial charge in [-0.05, 0) is 31.5 Å². The maximum absolute atomic E-state index is 12.1. The first-order valence-corrected chi connectivity index (χ1v) is 6.94. The SMILES string of the molecule is Cc1cc(C(=O)c2cc(Cl)sc2Cl)sc1C. The highest BCUT2D eigenvalue weighted by molar-refractivity contribution is 7.20. The van der Waals surface area contributed by atoms with E-state index in [1.54, 1.807) is 6.07 Å². The molecule has 0 radical (unpaired) electrons. The predicted molar refractivity (Wildman–Crippen MR) is 71.6 cm³/mol. The molecule has 0 saturated carbocycles. The van der Waals surface area contributed by atoms with Gasteiger partial charge in [-0.2, -0.15) is 0 Å². The third kappa shape index (κ3) is 2.18. The van der Waals surface area contributed by atoms with E-state index in [1.165, 1.54) is 22.7 Å². The van der Waals surface area contributed by atoms with Crippen molar-refractivity contribution >= 4 is 51.7 Å². The van der Waals surface area contributed by atoms with E-state index in [4.69, 9.17) is 23.2 Å². The van der Waals surface area contributed by atoms with Crippen LogP contribution in [0.4, 0.5) is 0 Å². The van der Waals surface area contributed by atoms with Gasteiger partial charge in [-0.1, -0.05) is 23.2 Å². The van der Waals surface area contributed by atoms with Crippen LogP contribution in [-0.2, 0) is 0 Å². The van der Waals surface area contributed by atoms with Crippen LogP contribution < -0.4 is 0 Å². The number of halogens is 2. The third-order valence-corrected chi connectivity index (χ3v) is 4.93. The fraction of sp³-hybridized carbons (Fsp3) is 0.182. The van der Waals surface area contributed by atoms with E-state index >= 15 is 0 Å². The Hall–Kier alpha value is -0.350. The summed E-state index contributed by atoms with van der Waals surface area (Å²) in [4.78, 5) is 14.0. The highest BCUT2D eigenvalue weighted by Crippen LogP contribution is 2.34. The van der Waals surface area contributed by atoms with Crippen LogP contribution in [0.3, 0.4) is 0 Å². The summed E-state index contributed by atoms with van der Waals surface area (Å²) in [5.74, 6) is -0.0469. The number of hydrogen-bond acceptors (Lipinski definition) is 3. The zero-order chi connectivity index (χ0) is 11.9. The number of ketones is 1. The van der Waals surface area contributed by atoms with Crippen LogP contribution in [0, 0.1) is 13.8 Å². The summed E-state index contributed by atoms with van der Waals surface area (Å²) in [5.41, 5.74) is 1.63. The van der Waals surface area contributed by atoms with Crippen LogP contribution in [-0.4, -0.2) is 5.78 Å². The summed E-state index contributed by atoms with van der Waals surface area (Å²) >= 11 is 14.5. The highest BCUT2D eigenvalue weighted by Gasteiger charge is 2.18. The van der Waals surface area contributed by atoms with Crippen molar-refractivity contribution in [2.75, 3.05) is 0 Å². The molecule has 16 heavy (non-hydrogen) atoms. The number of carbonyl (C=O) groups is 1. The minimum Gasteiger partial charge on any atom is -0.288 e. The van der Waals surface area contributed by atoms with Gasteiger partial charge in [0, 0.05) is 4.88 Å². The highest BCUT2D eigenvalue weighted by atomic mass is 35.5. The van der Waals surface area contributed by atoms with Gasteiger partial charge in [-0.3, -0.25) is 4.79 Å². The second kappa shape index (κ2) is 4.49. The van der Waals surface area contributed by atoms with E-state index in [1.807, 2.05) is 19.9 Å². The molecular formula is C11H8Cl2OS2. The lowest BCUT2D eigenvalue weighted by molar-refractivity contribution is 0.104. The van der Waals surface area contributed by atoms with Gasteiger partial charge in [0.1, 0.15) is 4.34 Å². The Labute approximate surface area is 112 Å². The van der Waals surface area contributed by atoms with Crippen molar-refractivity contribution in [3.05, 3.63) is 41.7 Å². The van der Waals surface area contributed by atoms with Crippen LogP contribution in [0.1, 0.15) is 25.7 Å². The molecule has 2 aromatic rings. The normalized spacial score (nSPS) is 10.8. The smallest absolute Gasteiger partial charge is 0.205 e. The largest absolute Gasteiger partial charge is 0.288 e. The number of thiophene rings is 2. The maximum Gasteiger partial charge on any atom is 0.205 e. The van der Waals surface area contributed by atoms with Crippen LogP contribution >= 0.6 is 45.9 Å². The Balaban J connectivity index is 2.42. The van der Waals surface area contributed by atoms with Crippen molar-refractivity contribution in [2.24, 2.45) is 0 Å². The molecule has 0 saturated heterocycles. The van der Waals surface area contributed by atoms with Gasteiger partial charge in [0.15, 0.2) is 0 Å². The minimum absolute atomic E-state index is 0.0469. The second-order valence-electron chi connectivity index (χ2n) is 3.42. The van der Waals surface area contributed by atoms with Crippen molar-refractivity contribution in [3.8, 4) is 0 Å². The third-order valence-electron chi connectivity index (χ3n) is 2.29. The van der Waals surface area contributed by atoms with Gasteiger partial charge in [-0.25, -0.2) is 0 Å². The average molecular weight is 291 g/mol. The monoisotopic (exact) mass is 290 g/mol. The van der Waals surface area contributed by atoms with Gasteiger partial charge in [-0.15, -0.1) is 22.7 Å². The molecule has 0 bridgehead atoms. The molecule has 0 unspecified atom stereocenters. The lowest BCUT2D eigenvalue weighted by Crippen LogP contribution is -1.96. The molecule has 1 nitrogen and oxygen atoms in total. The Morgan fingerprint density at radius 2 is 1.88 bits per heavy atom. The molecule has 84 valence electrons. The molecule has 2 heterocycles. The Morgan fingerprint density at radius 1 is 1.19 bits per heavy atom. The predicted octanol–water partition coefficient (Wildman–Crippen LogP) is 4.96. The first-order valence-electron chi connectivity index (χ1n) is 4.55. The lowest BCUT2D eigenvalue weighted by Gasteiger charge is -1.93. The lowest BCUT2D eigenvalue weighted by atomic mass is 10.2. The zero-order valence-corrected chi connectivity index (χ0v) is 11.8. The molecule has 0 aliphatic rings. The summed E-state index contributed by atoms with van der Waals surface area (Å²) in [5, 5.41) is 0. The van der Waals surface area contributed by atoms with Gasteiger partial charge in [0.2, 0.25) is 5.78 Å². The molecule has 2 rings (SSSR count). The Bertz CT molecular complexity index is 535. The fourth-order valence-electron chi connectivity index (χ4n) is 1.31. The molecule has 0 fully saturated rings. The minimum atomic E-state index is -0.0469. The molecule has 0 amide bonds. The summed E-state index contributed by atoms with van der Waals surface area (Å²) < 4.78 is 0.997. The molecule has 2 aromatic heterocycles. The van der Waals surface area contributed by atoms with Crippen molar-refractivity contribution in [2.45, 2.75) is 13.8 Å². The summed E-state index contributed by atoms with van der Waals surface area (Å²) in [6, 6.07) is 3.52. The van der Waals surface area contributed by atoms with Gasteiger partial charge in [0.25, 0.3) is 0 Å². The topological polar surface area (TPSA) is 17.1 Å². The summed E-state index contributed by atoms with van der Waals surface area (Å²) in [6.07, 6.45) is 0. The molecule has 0 aliphatic carbocycles. The Morgan fingerprint density at radius 3 is 2.31 bits per heavy atom. The zero-order valence-electron chi connectivity index (χ0n) is 8.64.